The summed E-state index contributed by atoms with van der Waals surface area (Å²) in [6.07, 6.45) is 0.0810. The Labute approximate surface area is 165 Å². The lowest BCUT2D eigenvalue weighted by Gasteiger charge is -2.12. The second kappa shape index (κ2) is 10.9. The van der Waals surface area contributed by atoms with Crippen molar-refractivity contribution in [3.8, 4) is 5.75 Å². The molecule has 0 atom stereocenters. The number of benzene rings is 2. The number of hydrogen-bond acceptors (Lipinski definition) is 5. The molecule has 3 N–H and O–H groups in total. The first kappa shape index (κ1) is 21.2. The zero-order chi connectivity index (χ0) is 20.4. The summed E-state index contributed by atoms with van der Waals surface area (Å²) in [7, 11) is 1.57. The minimum atomic E-state index is -0.216. The molecule has 0 aliphatic carbocycles. The summed E-state index contributed by atoms with van der Waals surface area (Å²) >= 11 is 0. The van der Waals surface area contributed by atoms with Crippen LogP contribution in [-0.4, -0.2) is 44.7 Å². The summed E-state index contributed by atoms with van der Waals surface area (Å²) < 4.78 is 10.5. The van der Waals surface area contributed by atoms with Gasteiger partial charge >= 0.3 is 0 Å². The van der Waals surface area contributed by atoms with E-state index >= 15 is 0 Å². The number of amides is 2. The van der Waals surface area contributed by atoms with Crippen LogP contribution in [0.4, 0.5) is 11.4 Å². The van der Waals surface area contributed by atoms with Gasteiger partial charge < -0.3 is 25.4 Å². The fourth-order valence-electron chi connectivity index (χ4n) is 2.45. The molecule has 0 spiro atoms. The van der Waals surface area contributed by atoms with Crippen molar-refractivity contribution < 1.29 is 19.1 Å². The SMILES string of the molecule is COCCNC(=O)c1cccc(NC(=O)CNc2cccc(OC(C)C)c2)c1. The van der Waals surface area contributed by atoms with E-state index in [-0.39, 0.29) is 24.5 Å². The van der Waals surface area contributed by atoms with Crippen molar-refractivity contribution in [3.05, 3.63) is 54.1 Å². The highest BCUT2D eigenvalue weighted by Crippen LogP contribution is 2.18. The second-order valence-corrected chi connectivity index (χ2v) is 6.43. The third-order valence-corrected chi connectivity index (χ3v) is 3.66. The molecule has 0 bridgehead atoms. The molecule has 0 fully saturated rings. The quantitative estimate of drug-likeness (QED) is 0.547. The molecule has 28 heavy (non-hydrogen) atoms. The molecule has 2 aromatic rings. The van der Waals surface area contributed by atoms with Crippen LogP contribution in [0.25, 0.3) is 0 Å². The number of ether oxygens (including phenoxy) is 2. The van der Waals surface area contributed by atoms with Crippen LogP contribution in [0.3, 0.4) is 0 Å². The van der Waals surface area contributed by atoms with Gasteiger partial charge in [0.1, 0.15) is 5.75 Å². The van der Waals surface area contributed by atoms with E-state index < -0.39 is 0 Å². The molecule has 0 saturated carbocycles. The summed E-state index contributed by atoms with van der Waals surface area (Å²) in [5.41, 5.74) is 1.82. The van der Waals surface area contributed by atoms with E-state index in [1.165, 1.54) is 0 Å². The second-order valence-electron chi connectivity index (χ2n) is 6.43. The van der Waals surface area contributed by atoms with Gasteiger partial charge in [-0.15, -0.1) is 0 Å². The lowest BCUT2D eigenvalue weighted by Crippen LogP contribution is -2.27. The average Bonchev–Trinajstić information content (AvgIpc) is 2.66. The number of methoxy groups -OCH3 is 1. The first-order valence-electron chi connectivity index (χ1n) is 9.15. The smallest absolute Gasteiger partial charge is 0.251 e. The summed E-state index contributed by atoms with van der Waals surface area (Å²) in [6.45, 7) is 4.88. The molecule has 0 heterocycles. The van der Waals surface area contributed by atoms with Crippen molar-refractivity contribution in [1.82, 2.24) is 5.32 Å². The molecule has 2 rings (SSSR count). The molecule has 0 saturated heterocycles. The van der Waals surface area contributed by atoms with Crippen molar-refractivity contribution in [2.24, 2.45) is 0 Å². The van der Waals surface area contributed by atoms with Crippen LogP contribution in [0.2, 0.25) is 0 Å². The van der Waals surface area contributed by atoms with Crippen molar-refractivity contribution in [2.45, 2.75) is 20.0 Å². The first-order chi connectivity index (χ1) is 13.5. The van der Waals surface area contributed by atoms with Crippen molar-refractivity contribution in [3.63, 3.8) is 0 Å². The van der Waals surface area contributed by atoms with E-state index in [4.69, 9.17) is 9.47 Å². The topological polar surface area (TPSA) is 88.7 Å². The number of rotatable bonds is 10. The first-order valence-corrected chi connectivity index (χ1v) is 9.15. The van der Waals surface area contributed by atoms with Crippen LogP contribution < -0.4 is 20.7 Å². The van der Waals surface area contributed by atoms with Gasteiger partial charge in [0.05, 0.1) is 19.3 Å². The number of hydrogen-bond donors (Lipinski definition) is 3. The zero-order valence-electron chi connectivity index (χ0n) is 16.5. The minimum Gasteiger partial charge on any atom is -0.491 e. The molecule has 0 unspecified atom stereocenters. The molecule has 2 amide bonds. The molecule has 0 radical (unpaired) electrons. The van der Waals surface area contributed by atoms with E-state index in [1.807, 2.05) is 38.1 Å². The normalized spacial score (nSPS) is 10.4. The van der Waals surface area contributed by atoms with Gasteiger partial charge in [0, 0.05) is 36.7 Å². The Kier molecular flexibility index (Phi) is 8.30. The Morgan fingerprint density at radius 2 is 1.79 bits per heavy atom. The van der Waals surface area contributed by atoms with Gasteiger partial charge in [-0.25, -0.2) is 0 Å². The Morgan fingerprint density at radius 3 is 2.54 bits per heavy atom. The van der Waals surface area contributed by atoms with Gasteiger partial charge in [0.25, 0.3) is 5.91 Å². The maximum absolute atomic E-state index is 12.2. The van der Waals surface area contributed by atoms with E-state index in [9.17, 15) is 9.59 Å². The van der Waals surface area contributed by atoms with E-state index in [2.05, 4.69) is 16.0 Å². The van der Waals surface area contributed by atoms with E-state index in [1.54, 1.807) is 31.4 Å². The molecule has 0 aliphatic rings. The summed E-state index contributed by atoms with van der Waals surface area (Å²) in [5.74, 6) is 0.313. The minimum absolute atomic E-state index is 0.0810. The molecule has 7 heteroatoms. The third-order valence-electron chi connectivity index (χ3n) is 3.66. The summed E-state index contributed by atoms with van der Waals surface area (Å²) in [5, 5.41) is 8.59. The zero-order valence-corrected chi connectivity index (χ0v) is 16.5. The predicted octanol–water partition coefficient (Wildman–Crippen LogP) is 2.90. The van der Waals surface area contributed by atoms with Crippen LogP contribution in [-0.2, 0) is 9.53 Å². The highest BCUT2D eigenvalue weighted by Gasteiger charge is 2.08. The molecular formula is C21H27N3O4. The average molecular weight is 385 g/mol. The van der Waals surface area contributed by atoms with Gasteiger partial charge in [0.2, 0.25) is 5.91 Å². The number of anilines is 2. The Bertz CT molecular complexity index is 793. The molecule has 0 aromatic heterocycles. The number of carbonyl (C=O) groups is 2. The van der Waals surface area contributed by atoms with E-state index in [0.717, 1.165) is 11.4 Å². The maximum atomic E-state index is 12.2. The lowest BCUT2D eigenvalue weighted by molar-refractivity contribution is -0.114. The fraction of sp³-hybridized carbons (Fsp3) is 0.333. The largest absolute Gasteiger partial charge is 0.491 e. The number of nitrogens with one attached hydrogen (secondary N) is 3. The molecule has 0 aliphatic heterocycles. The Hall–Kier alpha value is -3.06. The standard InChI is InChI=1S/C21H27N3O4/c1-15(2)28-19-9-5-7-17(13-19)23-14-20(25)24-18-8-4-6-16(12-18)21(26)22-10-11-27-3/h4-9,12-13,15,23H,10-11,14H2,1-3H3,(H,22,26)(H,24,25). The Morgan fingerprint density at radius 1 is 1.04 bits per heavy atom. The van der Waals surface area contributed by atoms with Gasteiger partial charge in [0.15, 0.2) is 0 Å². The van der Waals surface area contributed by atoms with Crippen molar-refractivity contribution >= 4 is 23.2 Å². The van der Waals surface area contributed by atoms with Gasteiger partial charge in [-0.1, -0.05) is 12.1 Å². The highest BCUT2D eigenvalue weighted by atomic mass is 16.5. The van der Waals surface area contributed by atoms with Gasteiger partial charge in [-0.2, -0.15) is 0 Å². The molecule has 150 valence electrons. The molecule has 7 nitrogen and oxygen atoms in total. The van der Waals surface area contributed by atoms with Crippen LogP contribution in [0.1, 0.15) is 24.2 Å². The summed E-state index contributed by atoms with van der Waals surface area (Å²) in [4.78, 5) is 24.3. The number of carbonyl (C=O) groups excluding carboxylic acids is 2. The van der Waals surface area contributed by atoms with Crippen LogP contribution >= 0.6 is 0 Å². The fourth-order valence-corrected chi connectivity index (χ4v) is 2.45. The highest BCUT2D eigenvalue weighted by molar-refractivity contribution is 5.98. The van der Waals surface area contributed by atoms with Crippen LogP contribution in [0, 0.1) is 0 Å². The predicted molar refractivity (Wildman–Crippen MR) is 110 cm³/mol. The van der Waals surface area contributed by atoms with Crippen LogP contribution in [0.15, 0.2) is 48.5 Å². The lowest BCUT2D eigenvalue weighted by atomic mass is 10.2. The van der Waals surface area contributed by atoms with E-state index in [0.29, 0.717) is 24.4 Å². The van der Waals surface area contributed by atoms with Gasteiger partial charge in [-0.3, -0.25) is 9.59 Å². The molecular weight excluding hydrogens is 358 g/mol. The Balaban J connectivity index is 1.88. The summed E-state index contributed by atoms with van der Waals surface area (Å²) in [6, 6.07) is 14.2. The third kappa shape index (κ3) is 7.28. The van der Waals surface area contributed by atoms with Crippen molar-refractivity contribution in [2.75, 3.05) is 37.4 Å². The van der Waals surface area contributed by atoms with Crippen molar-refractivity contribution in [1.29, 1.82) is 0 Å². The molecule has 2 aromatic carbocycles. The monoisotopic (exact) mass is 385 g/mol. The van der Waals surface area contributed by atoms with Gasteiger partial charge in [-0.05, 0) is 44.2 Å². The maximum Gasteiger partial charge on any atom is 0.251 e. The van der Waals surface area contributed by atoms with Crippen LogP contribution in [0.5, 0.6) is 5.75 Å².